The summed E-state index contributed by atoms with van der Waals surface area (Å²) in [6.07, 6.45) is 2.65. The Bertz CT molecular complexity index is 453. The third-order valence-electron chi connectivity index (χ3n) is 3.30. The van der Waals surface area contributed by atoms with Crippen LogP contribution in [0.2, 0.25) is 0 Å². The Morgan fingerprint density at radius 2 is 2.40 bits per heavy atom. The largest absolute Gasteiger partial charge is 0.480 e. The van der Waals surface area contributed by atoms with Crippen molar-refractivity contribution in [3.05, 3.63) is 18.3 Å². The van der Waals surface area contributed by atoms with E-state index in [0.717, 1.165) is 13.0 Å². The minimum absolute atomic E-state index is 0.0672. The third-order valence-corrected chi connectivity index (χ3v) is 3.30. The van der Waals surface area contributed by atoms with Crippen molar-refractivity contribution in [1.29, 1.82) is 0 Å². The number of pyridine rings is 1. The molecule has 2 N–H and O–H groups in total. The van der Waals surface area contributed by atoms with Crippen LogP contribution in [0.1, 0.15) is 13.3 Å². The highest BCUT2D eigenvalue weighted by Gasteiger charge is 2.33. The van der Waals surface area contributed by atoms with Crippen LogP contribution in [0.25, 0.3) is 0 Å². The molecule has 1 aliphatic rings. The molecule has 0 aromatic carbocycles. The number of hydrogen-bond donors (Lipinski definition) is 2. The summed E-state index contributed by atoms with van der Waals surface area (Å²) in [7, 11) is 1.53. The molecule has 110 valence electrons. The number of nitrogens with one attached hydrogen (secondary N) is 2. The van der Waals surface area contributed by atoms with Crippen molar-refractivity contribution in [3.8, 4) is 5.88 Å². The van der Waals surface area contributed by atoms with E-state index < -0.39 is 0 Å². The van der Waals surface area contributed by atoms with Gasteiger partial charge in [0.05, 0.1) is 26.2 Å². The molecular weight excluding hydrogens is 258 g/mol. The molecule has 0 radical (unpaired) electrons. The minimum Gasteiger partial charge on any atom is -0.480 e. The third kappa shape index (κ3) is 3.46. The van der Waals surface area contributed by atoms with Crippen LogP contribution in [0, 0.1) is 5.92 Å². The molecular formula is C14H21N3O3. The number of hydrogen-bond acceptors (Lipinski definition) is 5. The highest BCUT2D eigenvalue weighted by Crippen LogP contribution is 2.22. The molecule has 1 aromatic heterocycles. The maximum Gasteiger partial charge on any atom is 0.237 e. The van der Waals surface area contributed by atoms with Crippen LogP contribution >= 0.6 is 0 Å². The van der Waals surface area contributed by atoms with Crippen LogP contribution in [-0.4, -0.2) is 43.8 Å². The summed E-state index contributed by atoms with van der Waals surface area (Å²) in [5, 5.41) is 6.21. The summed E-state index contributed by atoms with van der Waals surface area (Å²) in [5.41, 5.74) is 0.584. The highest BCUT2D eigenvalue weighted by atomic mass is 16.5. The van der Waals surface area contributed by atoms with Gasteiger partial charge in [0.25, 0.3) is 0 Å². The molecule has 6 heteroatoms. The van der Waals surface area contributed by atoms with Gasteiger partial charge in [-0.1, -0.05) is 6.92 Å². The second-order valence-corrected chi connectivity index (χ2v) is 4.75. The first-order valence-corrected chi connectivity index (χ1v) is 6.87. The highest BCUT2D eigenvalue weighted by molar-refractivity contribution is 5.94. The summed E-state index contributed by atoms with van der Waals surface area (Å²) in [6.45, 7) is 3.99. The van der Waals surface area contributed by atoms with Gasteiger partial charge in [0.1, 0.15) is 5.69 Å². The molecule has 2 heterocycles. The molecule has 2 rings (SSSR count). The van der Waals surface area contributed by atoms with Gasteiger partial charge in [0, 0.05) is 12.2 Å². The van der Waals surface area contributed by atoms with E-state index in [0.29, 0.717) is 24.8 Å². The zero-order valence-corrected chi connectivity index (χ0v) is 11.9. The molecule has 20 heavy (non-hydrogen) atoms. The van der Waals surface area contributed by atoms with Crippen LogP contribution in [0.15, 0.2) is 18.3 Å². The van der Waals surface area contributed by atoms with E-state index in [4.69, 9.17) is 9.47 Å². The summed E-state index contributed by atoms with van der Waals surface area (Å²) >= 11 is 0. The average molecular weight is 279 g/mol. The molecule has 1 amide bonds. The van der Waals surface area contributed by atoms with Gasteiger partial charge in [-0.05, 0) is 25.1 Å². The van der Waals surface area contributed by atoms with E-state index in [1.54, 1.807) is 18.3 Å². The zero-order valence-electron chi connectivity index (χ0n) is 11.9. The van der Waals surface area contributed by atoms with Crippen molar-refractivity contribution in [2.45, 2.75) is 19.4 Å². The number of nitrogens with zero attached hydrogens (tertiary/aromatic N) is 1. The topological polar surface area (TPSA) is 72.5 Å². The molecule has 1 fully saturated rings. The van der Waals surface area contributed by atoms with Crippen molar-refractivity contribution in [1.82, 2.24) is 10.3 Å². The number of amides is 1. The molecule has 0 saturated carbocycles. The quantitative estimate of drug-likeness (QED) is 0.814. The lowest BCUT2D eigenvalue weighted by Crippen LogP contribution is -2.41. The molecule has 0 spiro atoms. The number of carbonyl (C=O) groups excluding carboxylic acids is 1. The summed E-state index contributed by atoms with van der Waals surface area (Å²) in [4.78, 5) is 16.4. The van der Waals surface area contributed by atoms with E-state index in [9.17, 15) is 4.79 Å². The smallest absolute Gasteiger partial charge is 0.237 e. The molecule has 2 unspecified atom stereocenters. The molecule has 6 nitrogen and oxygen atoms in total. The normalized spacial score (nSPS) is 21.7. The van der Waals surface area contributed by atoms with Crippen molar-refractivity contribution >= 4 is 11.6 Å². The number of ether oxygens (including phenoxy) is 2. The van der Waals surface area contributed by atoms with Gasteiger partial charge in [-0.2, -0.15) is 0 Å². The Balaban J connectivity index is 2.00. The lowest BCUT2D eigenvalue weighted by Gasteiger charge is -2.18. The van der Waals surface area contributed by atoms with E-state index in [1.165, 1.54) is 7.11 Å². The van der Waals surface area contributed by atoms with Crippen molar-refractivity contribution in [2.75, 3.05) is 32.2 Å². The first-order valence-electron chi connectivity index (χ1n) is 6.87. The predicted molar refractivity (Wildman–Crippen MR) is 75.8 cm³/mol. The van der Waals surface area contributed by atoms with E-state index >= 15 is 0 Å². The van der Waals surface area contributed by atoms with Crippen molar-refractivity contribution < 1.29 is 14.3 Å². The number of rotatable bonds is 6. The van der Waals surface area contributed by atoms with E-state index in [-0.39, 0.29) is 17.9 Å². The van der Waals surface area contributed by atoms with Crippen LogP contribution in [-0.2, 0) is 9.53 Å². The van der Waals surface area contributed by atoms with Crippen LogP contribution in [0.3, 0.4) is 0 Å². The number of carbonyl (C=O) groups is 1. The molecule has 1 aliphatic heterocycles. The number of anilines is 1. The summed E-state index contributed by atoms with van der Waals surface area (Å²) < 4.78 is 10.5. The number of aromatic nitrogens is 1. The second-order valence-electron chi connectivity index (χ2n) is 4.75. The van der Waals surface area contributed by atoms with Gasteiger partial charge in [0.2, 0.25) is 11.8 Å². The zero-order chi connectivity index (χ0) is 14.4. The monoisotopic (exact) mass is 279 g/mol. The van der Waals surface area contributed by atoms with E-state index in [2.05, 4.69) is 22.5 Å². The fourth-order valence-corrected chi connectivity index (χ4v) is 2.22. The standard InChI is InChI=1S/C14H21N3O3/c1-3-6-15-12-9-20-8-10(12)13(18)17-11-5-4-7-16-14(11)19-2/h4-5,7,10,12,15H,3,6,8-9H2,1-2H3,(H,17,18). The first kappa shape index (κ1) is 14.7. The number of methoxy groups -OCH3 is 1. The van der Waals surface area contributed by atoms with Gasteiger partial charge in [-0.15, -0.1) is 0 Å². The van der Waals surface area contributed by atoms with Gasteiger partial charge < -0.3 is 20.1 Å². The van der Waals surface area contributed by atoms with Gasteiger partial charge in [-0.3, -0.25) is 4.79 Å². The maximum absolute atomic E-state index is 12.3. The molecule has 1 saturated heterocycles. The van der Waals surface area contributed by atoms with Crippen LogP contribution in [0.4, 0.5) is 5.69 Å². The molecule has 1 aromatic rings. The molecule has 0 bridgehead atoms. The minimum atomic E-state index is -0.188. The Morgan fingerprint density at radius 1 is 1.55 bits per heavy atom. The molecule has 0 aliphatic carbocycles. The van der Waals surface area contributed by atoms with E-state index in [1.807, 2.05) is 0 Å². The Kier molecular flexibility index (Phi) is 5.31. The Labute approximate surface area is 118 Å². The van der Waals surface area contributed by atoms with Crippen molar-refractivity contribution in [3.63, 3.8) is 0 Å². The maximum atomic E-state index is 12.3. The Hall–Kier alpha value is -1.66. The molecule has 2 atom stereocenters. The summed E-state index contributed by atoms with van der Waals surface area (Å²) in [5.74, 6) is 0.159. The predicted octanol–water partition coefficient (Wildman–Crippen LogP) is 1.04. The van der Waals surface area contributed by atoms with Gasteiger partial charge >= 0.3 is 0 Å². The fraction of sp³-hybridized carbons (Fsp3) is 0.571. The Morgan fingerprint density at radius 3 is 3.15 bits per heavy atom. The second kappa shape index (κ2) is 7.21. The van der Waals surface area contributed by atoms with Gasteiger partial charge in [0.15, 0.2) is 0 Å². The van der Waals surface area contributed by atoms with Crippen LogP contribution in [0.5, 0.6) is 5.88 Å². The lowest BCUT2D eigenvalue weighted by atomic mass is 10.0. The van der Waals surface area contributed by atoms with Gasteiger partial charge in [-0.25, -0.2) is 4.98 Å². The summed E-state index contributed by atoms with van der Waals surface area (Å²) in [6, 6.07) is 3.60. The SMILES string of the molecule is CCCNC1COCC1C(=O)Nc1cccnc1OC. The lowest BCUT2D eigenvalue weighted by molar-refractivity contribution is -0.120. The van der Waals surface area contributed by atoms with Crippen molar-refractivity contribution in [2.24, 2.45) is 5.92 Å². The average Bonchev–Trinajstić information content (AvgIpc) is 2.94. The fourth-order valence-electron chi connectivity index (χ4n) is 2.22. The first-order chi connectivity index (χ1) is 9.76. The van der Waals surface area contributed by atoms with Crippen LogP contribution < -0.4 is 15.4 Å².